The number of para-hydroxylation sites is 1. The summed E-state index contributed by atoms with van der Waals surface area (Å²) in [7, 11) is -1.75. The lowest BCUT2D eigenvalue weighted by Crippen LogP contribution is -2.09. The fourth-order valence-electron chi connectivity index (χ4n) is 4.06. The van der Waals surface area contributed by atoms with Gasteiger partial charge in [-0.15, -0.1) is 11.3 Å². The average Bonchev–Trinajstić information content (AvgIpc) is 3.33. The number of nitrogens with zero attached hydrogens (tertiary/aromatic N) is 2. The summed E-state index contributed by atoms with van der Waals surface area (Å²) in [6.07, 6.45) is 2.03. The van der Waals surface area contributed by atoms with Gasteiger partial charge >= 0.3 is 0 Å². The molecule has 5 rings (SSSR count). The average molecular weight is 579 g/mol. The number of rotatable bonds is 9. The van der Waals surface area contributed by atoms with Crippen molar-refractivity contribution in [3.8, 4) is 22.8 Å². The molecule has 0 saturated carbocycles. The second-order valence-electron chi connectivity index (χ2n) is 8.94. The second-order valence-corrected chi connectivity index (χ2v) is 11.1. The highest BCUT2D eigenvalue weighted by atomic mass is 32.2. The lowest BCUT2D eigenvalue weighted by Gasteiger charge is -2.11. The summed E-state index contributed by atoms with van der Waals surface area (Å²) in [5, 5.41) is 23.5. The van der Waals surface area contributed by atoms with Crippen LogP contribution in [0, 0.1) is 18.6 Å². The minimum Gasteiger partial charge on any atom is -0.504 e. The number of phenolic OH excluding ortho intramolecular Hbond substituents is 2. The highest BCUT2D eigenvalue weighted by molar-refractivity contribution is 7.86. The summed E-state index contributed by atoms with van der Waals surface area (Å²) in [5.41, 5.74) is 3.72. The summed E-state index contributed by atoms with van der Waals surface area (Å²) < 4.78 is 43.7. The first-order valence-corrected chi connectivity index (χ1v) is 14.1. The molecule has 0 radical (unpaired) electrons. The predicted octanol–water partition coefficient (Wildman–Crippen LogP) is 6.54. The van der Waals surface area contributed by atoms with Crippen LogP contribution in [0.5, 0.6) is 11.5 Å². The standard InChI is InChI=1S/C29H24F2N4O3S2/c1-17-12-21(32-15-20-8-5-9-24(36)27(20)37)16-33-28(17)40(38)35-29-34-26(19-10-11-22(30)23(31)14-19)25(39-29)13-18-6-3-2-4-7-18/h2-12,14,16,32,36-37H,13,15H2,1H3,(H,34,35). The predicted molar refractivity (Wildman–Crippen MR) is 153 cm³/mol. The van der Waals surface area contributed by atoms with Crippen LogP contribution >= 0.6 is 11.3 Å². The van der Waals surface area contributed by atoms with Gasteiger partial charge in [0.15, 0.2) is 44.3 Å². The number of halogens is 2. The zero-order valence-corrected chi connectivity index (χ0v) is 22.8. The van der Waals surface area contributed by atoms with Gasteiger partial charge in [0.05, 0.1) is 17.6 Å². The van der Waals surface area contributed by atoms with Crippen LogP contribution in [0.3, 0.4) is 0 Å². The Morgan fingerprint density at radius 1 is 0.975 bits per heavy atom. The SMILES string of the molecule is Cc1cc(NCc2cccc(O)c2O)cnc1S(=O)Nc1nc(-c2ccc(F)c(F)c2)c(Cc2ccccc2)s1. The van der Waals surface area contributed by atoms with Crippen molar-refractivity contribution >= 4 is 33.1 Å². The van der Waals surface area contributed by atoms with Gasteiger partial charge in [0.1, 0.15) is 0 Å². The Morgan fingerprint density at radius 2 is 1.77 bits per heavy atom. The monoisotopic (exact) mass is 578 g/mol. The number of pyridine rings is 1. The molecule has 0 fully saturated rings. The van der Waals surface area contributed by atoms with E-state index in [2.05, 4.69) is 20.0 Å². The number of aromatic hydroxyl groups is 2. The summed E-state index contributed by atoms with van der Waals surface area (Å²) in [6, 6.07) is 19.8. The summed E-state index contributed by atoms with van der Waals surface area (Å²) in [4.78, 5) is 9.73. The third kappa shape index (κ3) is 6.11. The normalized spacial score (nSPS) is 11.8. The first-order valence-electron chi connectivity index (χ1n) is 12.2. The van der Waals surface area contributed by atoms with Crippen molar-refractivity contribution in [2.24, 2.45) is 0 Å². The molecule has 0 spiro atoms. The first kappa shape index (κ1) is 27.2. The molecular formula is C29H24F2N4O3S2. The quantitative estimate of drug-likeness (QED) is 0.148. The Balaban J connectivity index is 1.36. The lowest BCUT2D eigenvalue weighted by molar-refractivity contribution is 0.400. The Bertz CT molecular complexity index is 1700. The van der Waals surface area contributed by atoms with Crippen LogP contribution < -0.4 is 10.0 Å². The van der Waals surface area contributed by atoms with E-state index in [1.165, 1.54) is 29.7 Å². The van der Waals surface area contributed by atoms with Gasteiger partial charge in [-0.05, 0) is 48.4 Å². The first-order chi connectivity index (χ1) is 19.3. The highest BCUT2D eigenvalue weighted by Gasteiger charge is 2.18. The fraction of sp³-hybridized carbons (Fsp3) is 0.103. The van der Waals surface area contributed by atoms with E-state index in [9.17, 15) is 23.2 Å². The molecule has 4 N–H and O–H groups in total. The Morgan fingerprint density at radius 3 is 2.52 bits per heavy atom. The van der Waals surface area contributed by atoms with E-state index in [0.29, 0.717) is 44.7 Å². The van der Waals surface area contributed by atoms with Gasteiger partial charge in [0.25, 0.3) is 0 Å². The van der Waals surface area contributed by atoms with E-state index in [1.54, 1.807) is 25.1 Å². The molecule has 0 aliphatic rings. The maximum Gasteiger partial charge on any atom is 0.195 e. The minimum atomic E-state index is -1.75. The van der Waals surface area contributed by atoms with Gasteiger partial charge in [-0.3, -0.25) is 4.72 Å². The molecule has 1 unspecified atom stereocenters. The van der Waals surface area contributed by atoms with Crippen LogP contribution in [-0.4, -0.2) is 24.4 Å². The molecule has 0 bridgehead atoms. The number of thiazole rings is 1. The molecule has 0 amide bonds. The molecular weight excluding hydrogens is 554 g/mol. The smallest absolute Gasteiger partial charge is 0.195 e. The number of aryl methyl sites for hydroxylation is 1. The van der Waals surface area contributed by atoms with Crippen molar-refractivity contribution in [2.45, 2.75) is 24.9 Å². The number of nitrogens with one attached hydrogen (secondary N) is 2. The van der Waals surface area contributed by atoms with Gasteiger partial charge in [-0.2, -0.15) is 0 Å². The van der Waals surface area contributed by atoms with Gasteiger partial charge in [-0.25, -0.2) is 23.0 Å². The zero-order chi connectivity index (χ0) is 28.2. The zero-order valence-electron chi connectivity index (χ0n) is 21.2. The minimum absolute atomic E-state index is 0.195. The third-order valence-electron chi connectivity index (χ3n) is 6.06. The number of hydrogen-bond donors (Lipinski definition) is 4. The van der Waals surface area contributed by atoms with Crippen molar-refractivity contribution in [3.05, 3.63) is 112 Å². The fourth-order valence-corrected chi connectivity index (χ4v) is 6.13. The molecule has 2 heterocycles. The molecule has 11 heteroatoms. The molecule has 204 valence electrons. The van der Waals surface area contributed by atoms with Gasteiger partial charge in [-0.1, -0.05) is 42.5 Å². The summed E-state index contributed by atoms with van der Waals surface area (Å²) in [6.45, 7) is 2.02. The van der Waals surface area contributed by atoms with Gasteiger partial charge in [0.2, 0.25) is 0 Å². The van der Waals surface area contributed by atoms with E-state index in [-0.39, 0.29) is 18.0 Å². The van der Waals surface area contributed by atoms with E-state index in [0.717, 1.165) is 22.6 Å². The van der Waals surface area contributed by atoms with Crippen molar-refractivity contribution < 1.29 is 23.2 Å². The van der Waals surface area contributed by atoms with E-state index in [1.807, 2.05) is 30.3 Å². The lowest BCUT2D eigenvalue weighted by atomic mass is 10.1. The molecule has 7 nitrogen and oxygen atoms in total. The number of hydrogen-bond acceptors (Lipinski definition) is 7. The van der Waals surface area contributed by atoms with Crippen LogP contribution in [0.4, 0.5) is 19.6 Å². The number of benzene rings is 3. The molecule has 2 aromatic heterocycles. The largest absolute Gasteiger partial charge is 0.504 e. The maximum atomic E-state index is 14.0. The van der Waals surface area contributed by atoms with E-state index < -0.39 is 22.6 Å². The van der Waals surface area contributed by atoms with Crippen molar-refractivity contribution in [2.75, 3.05) is 10.0 Å². The molecule has 0 saturated heterocycles. The molecule has 3 aromatic carbocycles. The molecule has 0 aliphatic heterocycles. The number of anilines is 2. The van der Waals surface area contributed by atoms with Crippen LogP contribution in [0.1, 0.15) is 21.6 Å². The molecule has 1 atom stereocenters. The highest BCUT2D eigenvalue weighted by Crippen LogP contribution is 2.34. The van der Waals surface area contributed by atoms with E-state index in [4.69, 9.17) is 0 Å². The maximum absolute atomic E-state index is 14.0. The topological polar surface area (TPSA) is 107 Å². The van der Waals surface area contributed by atoms with Crippen molar-refractivity contribution in [1.82, 2.24) is 9.97 Å². The second kappa shape index (κ2) is 11.8. The molecule has 40 heavy (non-hydrogen) atoms. The number of aromatic nitrogens is 2. The van der Waals surface area contributed by atoms with Crippen LogP contribution in [0.2, 0.25) is 0 Å². The van der Waals surface area contributed by atoms with Crippen LogP contribution in [-0.2, 0) is 24.0 Å². The Kier molecular flexibility index (Phi) is 8.04. The van der Waals surface area contributed by atoms with Gasteiger partial charge < -0.3 is 15.5 Å². The van der Waals surface area contributed by atoms with E-state index >= 15 is 0 Å². The van der Waals surface area contributed by atoms with Crippen LogP contribution in [0.15, 0.2) is 84.0 Å². The molecule has 5 aromatic rings. The Labute approximate surface area is 235 Å². The number of phenols is 2. The molecule has 0 aliphatic carbocycles. The van der Waals surface area contributed by atoms with Crippen LogP contribution in [0.25, 0.3) is 11.3 Å². The summed E-state index contributed by atoms with van der Waals surface area (Å²) in [5.74, 6) is -2.31. The summed E-state index contributed by atoms with van der Waals surface area (Å²) >= 11 is 1.28. The Hall–Kier alpha value is -4.35. The van der Waals surface area contributed by atoms with Crippen molar-refractivity contribution in [3.63, 3.8) is 0 Å². The van der Waals surface area contributed by atoms with Gasteiger partial charge in [0, 0.05) is 29.0 Å². The third-order valence-corrected chi connectivity index (χ3v) is 8.32. The van der Waals surface area contributed by atoms with Crippen molar-refractivity contribution in [1.29, 1.82) is 0 Å².